The van der Waals surface area contributed by atoms with Crippen molar-refractivity contribution in [3.05, 3.63) is 64.6 Å². The summed E-state index contributed by atoms with van der Waals surface area (Å²) in [6, 6.07) is 9.11. The summed E-state index contributed by atoms with van der Waals surface area (Å²) in [5, 5.41) is 3.74. The predicted octanol–water partition coefficient (Wildman–Crippen LogP) is 4.93. The maximum absolute atomic E-state index is 13.7. The smallest absolute Gasteiger partial charge is 0.196 e. The van der Waals surface area contributed by atoms with E-state index in [1.165, 1.54) is 0 Å². The van der Waals surface area contributed by atoms with Crippen molar-refractivity contribution in [3.8, 4) is 5.75 Å². The van der Waals surface area contributed by atoms with Crippen LogP contribution in [0.25, 0.3) is 10.9 Å². The fourth-order valence-corrected chi connectivity index (χ4v) is 2.48. The van der Waals surface area contributed by atoms with Crippen molar-refractivity contribution in [1.29, 1.82) is 0 Å². The van der Waals surface area contributed by atoms with Crippen LogP contribution in [-0.2, 0) is 6.54 Å². The second-order valence-electron chi connectivity index (χ2n) is 5.07. The fourth-order valence-electron chi connectivity index (χ4n) is 2.27. The number of anilines is 1. The Bertz CT molecular complexity index is 918. The Morgan fingerprint density at radius 1 is 1.08 bits per heavy atom. The summed E-state index contributed by atoms with van der Waals surface area (Å²) in [6.07, 6.45) is 0. The number of fused-ring (bicyclic) bond motifs is 1. The molecule has 1 N–H and O–H groups in total. The first-order chi connectivity index (χ1) is 11.5. The van der Waals surface area contributed by atoms with Gasteiger partial charge in [0.2, 0.25) is 0 Å². The normalized spacial score (nSPS) is 10.9. The minimum Gasteiger partial charge on any atom is -0.497 e. The molecule has 0 spiro atoms. The lowest BCUT2D eigenvalue weighted by molar-refractivity contribution is 0.415. The van der Waals surface area contributed by atoms with Gasteiger partial charge < -0.3 is 10.1 Å². The minimum absolute atomic E-state index is 0.107. The summed E-state index contributed by atoms with van der Waals surface area (Å²) in [4.78, 5) is 4.27. The van der Waals surface area contributed by atoms with Crippen LogP contribution in [0.3, 0.4) is 0 Å². The van der Waals surface area contributed by atoms with Crippen LogP contribution < -0.4 is 10.1 Å². The Kier molecular flexibility index (Phi) is 4.49. The number of pyridine rings is 1. The number of nitrogens with one attached hydrogen (secondary N) is 1. The molecule has 3 nitrogen and oxygen atoms in total. The number of ether oxygens (including phenoxy) is 1. The third-order valence-electron chi connectivity index (χ3n) is 3.56. The molecule has 0 aliphatic heterocycles. The summed E-state index contributed by atoms with van der Waals surface area (Å²) >= 11 is 6.14. The van der Waals surface area contributed by atoms with Crippen molar-refractivity contribution >= 4 is 28.2 Å². The van der Waals surface area contributed by atoms with E-state index in [1.54, 1.807) is 25.3 Å². The lowest BCUT2D eigenvalue weighted by Crippen LogP contribution is -2.05. The van der Waals surface area contributed by atoms with Gasteiger partial charge in [0.15, 0.2) is 17.5 Å². The Hall–Kier alpha value is -2.47. The molecule has 24 heavy (non-hydrogen) atoms. The van der Waals surface area contributed by atoms with Gasteiger partial charge in [-0.15, -0.1) is 0 Å². The van der Waals surface area contributed by atoms with Crippen LogP contribution in [0.5, 0.6) is 5.75 Å². The third kappa shape index (κ3) is 3.10. The molecule has 0 atom stereocenters. The summed E-state index contributed by atoms with van der Waals surface area (Å²) in [6.45, 7) is 0.107. The summed E-state index contributed by atoms with van der Waals surface area (Å²) < 4.78 is 45.0. The molecule has 0 aliphatic carbocycles. The van der Waals surface area contributed by atoms with Crippen molar-refractivity contribution in [1.82, 2.24) is 4.98 Å². The molecule has 0 saturated heterocycles. The summed E-state index contributed by atoms with van der Waals surface area (Å²) in [5.41, 5.74) is 1.10. The minimum atomic E-state index is -1.52. The van der Waals surface area contributed by atoms with Gasteiger partial charge >= 0.3 is 0 Å². The average molecular weight is 353 g/mol. The zero-order valence-corrected chi connectivity index (χ0v) is 13.3. The van der Waals surface area contributed by atoms with Crippen molar-refractivity contribution < 1.29 is 17.9 Å². The number of halogens is 4. The lowest BCUT2D eigenvalue weighted by Gasteiger charge is -2.11. The molecular formula is C17H12ClF3N2O. The monoisotopic (exact) mass is 352 g/mol. The molecule has 1 aromatic heterocycles. The van der Waals surface area contributed by atoms with Gasteiger partial charge in [0.1, 0.15) is 10.9 Å². The molecule has 7 heteroatoms. The SMILES string of the molecule is COc1ccc2cc(CNc3ccc(F)c(F)c3F)c(Cl)nc2c1. The van der Waals surface area contributed by atoms with Crippen LogP contribution in [0.2, 0.25) is 5.15 Å². The van der Waals surface area contributed by atoms with Crippen molar-refractivity contribution in [3.63, 3.8) is 0 Å². The largest absolute Gasteiger partial charge is 0.497 e. The standard InChI is InChI=1S/C17H12ClF3N2O/c1-24-11-3-2-9-6-10(17(18)23-14(9)7-11)8-22-13-5-4-12(19)15(20)16(13)21/h2-7,22H,8H2,1H3. The number of nitrogens with zero attached hydrogens (tertiary/aromatic N) is 1. The number of rotatable bonds is 4. The van der Waals surface area contributed by atoms with E-state index in [9.17, 15) is 13.2 Å². The Morgan fingerprint density at radius 2 is 1.88 bits per heavy atom. The van der Waals surface area contributed by atoms with Gasteiger partial charge in [-0.2, -0.15) is 0 Å². The molecule has 0 saturated carbocycles. The molecule has 0 fully saturated rings. The van der Waals surface area contributed by atoms with E-state index in [-0.39, 0.29) is 17.4 Å². The quantitative estimate of drug-likeness (QED) is 0.534. The van der Waals surface area contributed by atoms with E-state index in [4.69, 9.17) is 16.3 Å². The van der Waals surface area contributed by atoms with Crippen LogP contribution in [0.15, 0.2) is 36.4 Å². The number of hydrogen-bond acceptors (Lipinski definition) is 3. The molecule has 1 heterocycles. The number of aromatic nitrogens is 1. The molecule has 0 unspecified atom stereocenters. The topological polar surface area (TPSA) is 34.1 Å². The highest BCUT2D eigenvalue weighted by molar-refractivity contribution is 6.30. The zero-order chi connectivity index (χ0) is 17.3. The Labute approximate surface area is 141 Å². The molecule has 0 aliphatic rings. The van der Waals surface area contributed by atoms with E-state index < -0.39 is 17.5 Å². The van der Waals surface area contributed by atoms with Crippen LogP contribution >= 0.6 is 11.6 Å². The molecule has 3 aromatic rings. The lowest BCUT2D eigenvalue weighted by atomic mass is 10.1. The van der Waals surface area contributed by atoms with Crippen LogP contribution in [-0.4, -0.2) is 12.1 Å². The van der Waals surface area contributed by atoms with E-state index in [0.29, 0.717) is 16.8 Å². The maximum Gasteiger partial charge on any atom is 0.196 e. The van der Waals surface area contributed by atoms with Crippen molar-refractivity contribution in [2.24, 2.45) is 0 Å². The van der Waals surface area contributed by atoms with E-state index in [0.717, 1.165) is 17.5 Å². The maximum atomic E-state index is 13.7. The fraction of sp³-hybridized carbons (Fsp3) is 0.118. The molecule has 3 rings (SSSR count). The first-order valence-electron chi connectivity index (χ1n) is 7.00. The molecule has 124 valence electrons. The molecular weight excluding hydrogens is 341 g/mol. The molecule has 2 aromatic carbocycles. The summed E-state index contributed by atoms with van der Waals surface area (Å²) in [5.74, 6) is -3.38. The molecule has 0 amide bonds. The van der Waals surface area contributed by atoms with E-state index in [1.807, 2.05) is 6.07 Å². The van der Waals surface area contributed by atoms with Gasteiger partial charge in [-0.1, -0.05) is 11.6 Å². The van der Waals surface area contributed by atoms with Crippen molar-refractivity contribution in [2.45, 2.75) is 6.54 Å². The van der Waals surface area contributed by atoms with E-state index in [2.05, 4.69) is 10.3 Å². The van der Waals surface area contributed by atoms with Gasteiger partial charge in [-0.05, 0) is 30.3 Å². The predicted molar refractivity (Wildman–Crippen MR) is 86.9 cm³/mol. The van der Waals surface area contributed by atoms with Crippen molar-refractivity contribution in [2.75, 3.05) is 12.4 Å². The number of hydrogen-bond donors (Lipinski definition) is 1. The van der Waals surface area contributed by atoms with Gasteiger partial charge in [-0.3, -0.25) is 0 Å². The summed E-state index contributed by atoms with van der Waals surface area (Å²) in [7, 11) is 1.55. The second kappa shape index (κ2) is 6.57. The average Bonchev–Trinajstić information content (AvgIpc) is 2.58. The van der Waals surface area contributed by atoms with Gasteiger partial charge in [0, 0.05) is 23.6 Å². The van der Waals surface area contributed by atoms with Crippen LogP contribution in [0, 0.1) is 17.5 Å². The van der Waals surface area contributed by atoms with E-state index >= 15 is 0 Å². The second-order valence-corrected chi connectivity index (χ2v) is 5.43. The first kappa shape index (κ1) is 16.4. The zero-order valence-electron chi connectivity index (χ0n) is 12.5. The Balaban J connectivity index is 1.88. The highest BCUT2D eigenvalue weighted by Gasteiger charge is 2.14. The number of methoxy groups -OCH3 is 1. The molecule has 0 bridgehead atoms. The van der Waals surface area contributed by atoms with Gasteiger partial charge in [0.05, 0.1) is 18.3 Å². The van der Waals surface area contributed by atoms with Gasteiger partial charge in [-0.25, -0.2) is 18.2 Å². The number of benzene rings is 2. The Morgan fingerprint density at radius 3 is 2.62 bits per heavy atom. The van der Waals surface area contributed by atoms with Crippen LogP contribution in [0.1, 0.15) is 5.56 Å². The first-order valence-corrected chi connectivity index (χ1v) is 7.38. The van der Waals surface area contributed by atoms with Crippen LogP contribution in [0.4, 0.5) is 18.9 Å². The third-order valence-corrected chi connectivity index (χ3v) is 3.88. The highest BCUT2D eigenvalue weighted by Crippen LogP contribution is 2.26. The molecule has 0 radical (unpaired) electrons. The highest BCUT2D eigenvalue weighted by atomic mass is 35.5. The van der Waals surface area contributed by atoms with Gasteiger partial charge in [0.25, 0.3) is 0 Å².